The molecule has 0 rings (SSSR count). The Kier molecular flexibility index (Phi) is 18.6. The first-order valence-corrected chi connectivity index (χ1v) is 15.0. The molecule has 0 fully saturated rings. The average molecular weight is 489 g/mol. The third-order valence-corrected chi connectivity index (χ3v) is 7.45. The van der Waals surface area contributed by atoms with Gasteiger partial charge in [-0.25, -0.2) is 0 Å². The van der Waals surface area contributed by atoms with Crippen molar-refractivity contribution < 1.29 is 23.9 Å². The van der Waals surface area contributed by atoms with Gasteiger partial charge in [0.15, 0.2) is 0 Å². The second-order valence-corrected chi connectivity index (χ2v) is 12.6. The number of likely N-dealkylation sites (N-methyl/N-ethyl adjacent to an activating group) is 1. The van der Waals surface area contributed by atoms with Crippen LogP contribution in [0.25, 0.3) is 0 Å². The van der Waals surface area contributed by atoms with Gasteiger partial charge in [0.2, 0.25) is 5.34 Å². The first-order chi connectivity index (χ1) is 15.5. The van der Waals surface area contributed by atoms with E-state index in [1.807, 2.05) is 21.1 Å². The summed E-state index contributed by atoms with van der Waals surface area (Å²) in [6, 6.07) is 0. The van der Waals surface area contributed by atoms with E-state index in [1.165, 1.54) is 77.0 Å². The molecule has 6 heteroatoms. The molecule has 5 nitrogen and oxygen atoms in total. The average Bonchev–Trinajstić information content (AvgIpc) is 2.70. The molecule has 0 amide bonds. The third-order valence-electron chi connectivity index (χ3n) is 6.00. The number of rotatable bonds is 22. The summed E-state index contributed by atoms with van der Waals surface area (Å²) in [5.41, 5.74) is 0. The molecule has 0 saturated carbocycles. The summed E-state index contributed by atoms with van der Waals surface area (Å²) < 4.78 is 12.1. The van der Waals surface area contributed by atoms with Crippen molar-refractivity contribution in [3.8, 4) is 0 Å². The minimum atomic E-state index is -4.55. The fourth-order valence-electron chi connectivity index (χ4n) is 4.15. The smallest absolute Gasteiger partial charge is 0.362 e. The molecule has 0 aromatic carbocycles. The molecule has 0 spiro atoms. The molecule has 1 atom stereocenters. The molecule has 33 heavy (non-hydrogen) atoms. The highest BCUT2D eigenvalue weighted by atomic mass is 31.2. The van der Waals surface area contributed by atoms with Gasteiger partial charge in [0.25, 0.3) is 0 Å². The Morgan fingerprint density at radius 1 is 0.667 bits per heavy atom. The standard InChI is InChI=1S/C27H54NO4P/c1-5-6-7-8-9-10-11-12-13-14-15-16-17-18-19-20-21-22-23-24-25-27(29,33(30,31)32)26-28(2,3)4/h7-8,15-16,29H,5-6,9-14,17-26H2,1-4H3,(H-,30,31,32)/p+1/b8-7-,16-15-. The van der Waals surface area contributed by atoms with E-state index < -0.39 is 12.9 Å². The monoisotopic (exact) mass is 488 g/mol. The Bertz CT molecular complexity index is 565. The summed E-state index contributed by atoms with van der Waals surface area (Å²) in [6.45, 7) is 2.28. The van der Waals surface area contributed by atoms with Crippen molar-refractivity contribution in [3.63, 3.8) is 0 Å². The Balaban J connectivity index is 3.61. The van der Waals surface area contributed by atoms with E-state index in [2.05, 4.69) is 31.2 Å². The molecule has 0 heterocycles. The summed E-state index contributed by atoms with van der Waals surface area (Å²) in [5, 5.41) is 8.63. The molecule has 0 aliphatic rings. The molecule has 0 saturated heterocycles. The van der Waals surface area contributed by atoms with E-state index in [9.17, 15) is 19.5 Å². The molecular weight excluding hydrogens is 433 g/mol. The van der Waals surface area contributed by atoms with E-state index in [0.29, 0.717) is 10.9 Å². The van der Waals surface area contributed by atoms with Crippen molar-refractivity contribution in [2.75, 3.05) is 27.7 Å². The zero-order valence-electron chi connectivity index (χ0n) is 22.2. The van der Waals surface area contributed by atoms with E-state index in [1.54, 1.807) is 0 Å². The van der Waals surface area contributed by atoms with E-state index in [0.717, 1.165) is 19.3 Å². The molecule has 3 N–H and O–H groups in total. The van der Waals surface area contributed by atoms with Crippen molar-refractivity contribution in [3.05, 3.63) is 24.3 Å². The van der Waals surface area contributed by atoms with E-state index in [-0.39, 0.29) is 13.0 Å². The summed E-state index contributed by atoms with van der Waals surface area (Å²) in [4.78, 5) is 19.2. The van der Waals surface area contributed by atoms with Crippen LogP contribution in [0.15, 0.2) is 24.3 Å². The van der Waals surface area contributed by atoms with Crippen LogP contribution in [0.4, 0.5) is 0 Å². The predicted molar refractivity (Wildman–Crippen MR) is 142 cm³/mol. The van der Waals surface area contributed by atoms with Gasteiger partial charge in [-0.2, -0.15) is 0 Å². The number of hydrogen-bond acceptors (Lipinski definition) is 2. The van der Waals surface area contributed by atoms with Crippen LogP contribution in [0.5, 0.6) is 0 Å². The summed E-state index contributed by atoms with van der Waals surface area (Å²) >= 11 is 0. The van der Waals surface area contributed by atoms with Crippen LogP contribution in [0.1, 0.15) is 116 Å². The highest BCUT2D eigenvalue weighted by molar-refractivity contribution is 7.53. The van der Waals surface area contributed by atoms with Gasteiger partial charge in [0.1, 0.15) is 6.54 Å². The second-order valence-electron chi connectivity index (χ2n) is 10.7. The number of nitrogens with zero attached hydrogens (tertiary/aromatic N) is 1. The third kappa shape index (κ3) is 19.5. The van der Waals surface area contributed by atoms with Gasteiger partial charge in [-0.15, -0.1) is 0 Å². The number of aliphatic hydroxyl groups is 1. The quantitative estimate of drug-likeness (QED) is 0.0645. The second kappa shape index (κ2) is 18.8. The number of unbranched alkanes of at least 4 members (excludes halogenated alkanes) is 13. The molecule has 0 radical (unpaired) electrons. The minimum absolute atomic E-state index is 0.0571. The molecule has 1 unspecified atom stereocenters. The summed E-state index contributed by atoms with van der Waals surface area (Å²) in [6.07, 6.45) is 28.4. The van der Waals surface area contributed by atoms with Crippen LogP contribution in [-0.2, 0) is 4.57 Å². The maximum Gasteiger partial charge on any atom is 0.362 e. The topological polar surface area (TPSA) is 77.8 Å². The first kappa shape index (κ1) is 32.5. The van der Waals surface area contributed by atoms with Gasteiger partial charge in [0.05, 0.1) is 21.1 Å². The normalized spacial score (nSPS) is 15.0. The van der Waals surface area contributed by atoms with Gasteiger partial charge in [-0.3, -0.25) is 4.57 Å². The first-order valence-electron chi connectivity index (χ1n) is 13.4. The van der Waals surface area contributed by atoms with Crippen molar-refractivity contribution in [2.45, 2.75) is 121 Å². The maximum absolute atomic E-state index is 11.8. The lowest BCUT2D eigenvalue weighted by Gasteiger charge is -2.35. The lowest BCUT2D eigenvalue weighted by molar-refractivity contribution is -0.875. The van der Waals surface area contributed by atoms with Crippen molar-refractivity contribution in [2.24, 2.45) is 0 Å². The molecule has 0 aromatic rings. The van der Waals surface area contributed by atoms with Gasteiger partial charge < -0.3 is 19.4 Å². The largest absolute Gasteiger partial charge is 0.373 e. The molecule has 0 aromatic heterocycles. The van der Waals surface area contributed by atoms with Crippen LogP contribution >= 0.6 is 7.60 Å². The van der Waals surface area contributed by atoms with E-state index >= 15 is 0 Å². The predicted octanol–water partition coefficient (Wildman–Crippen LogP) is 7.32. The zero-order chi connectivity index (χ0) is 25.1. The van der Waals surface area contributed by atoms with Crippen molar-refractivity contribution in [1.82, 2.24) is 0 Å². The molecular formula is C27H55NO4P+. The van der Waals surface area contributed by atoms with Crippen LogP contribution in [0.2, 0.25) is 0 Å². The van der Waals surface area contributed by atoms with Gasteiger partial charge in [-0.05, 0) is 57.8 Å². The van der Waals surface area contributed by atoms with Crippen LogP contribution in [0, 0.1) is 0 Å². The highest BCUT2D eigenvalue weighted by Crippen LogP contribution is 2.52. The Labute approximate surface area is 205 Å². The number of hydrogen-bond donors (Lipinski definition) is 3. The minimum Gasteiger partial charge on any atom is -0.373 e. The van der Waals surface area contributed by atoms with Crippen LogP contribution < -0.4 is 0 Å². The Hall–Kier alpha value is -0.450. The van der Waals surface area contributed by atoms with E-state index in [4.69, 9.17) is 0 Å². The SMILES string of the molecule is CCC/C=C\CCCCCC/C=C\CCCCCCCCCC(O)(C[N+](C)(C)C)P(=O)(O)O. The lowest BCUT2D eigenvalue weighted by Crippen LogP contribution is -2.49. The van der Waals surface area contributed by atoms with Gasteiger partial charge in [0, 0.05) is 0 Å². The summed E-state index contributed by atoms with van der Waals surface area (Å²) in [5.74, 6) is 0. The van der Waals surface area contributed by atoms with Gasteiger partial charge >= 0.3 is 7.60 Å². The number of quaternary nitrogens is 1. The molecule has 196 valence electrons. The lowest BCUT2D eigenvalue weighted by atomic mass is 10.0. The Morgan fingerprint density at radius 2 is 1.03 bits per heavy atom. The highest BCUT2D eigenvalue weighted by Gasteiger charge is 2.48. The Morgan fingerprint density at radius 3 is 1.39 bits per heavy atom. The van der Waals surface area contributed by atoms with Gasteiger partial charge in [-0.1, -0.05) is 82.6 Å². The number of allylic oxidation sites excluding steroid dienone is 4. The summed E-state index contributed by atoms with van der Waals surface area (Å²) in [7, 11) is 0.967. The zero-order valence-corrected chi connectivity index (χ0v) is 23.1. The molecule has 0 aliphatic heterocycles. The van der Waals surface area contributed by atoms with Crippen LogP contribution in [-0.4, -0.2) is 52.4 Å². The molecule has 0 bridgehead atoms. The maximum atomic E-state index is 11.8. The van der Waals surface area contributed by atoms with Crippen molar-refractivity contribution in [1.29, 1.82) is 0 Å². The fourth-order valence-corrected chi connectivity index (χ4v) is 5.20. The van der Waals surface area contributed by atoms with Crippen LogP contribution in [0.3, 0.4) is 0 Å². The molecule has 0 aliphatic carbocycles. The van der Waals surface area contributed by atoms with Crippen molar-refractivity contribution >= 4 is 7.60 Å². The fraction of sp³-hybridized carbons (Fsp3) is 0.852.